The van der Waals surface area contributed by atoms with E-state index >= 15 is 0 Å². The van der Waals surface area contributed by atoms with Crippen molar-refractivity contribution in [2.45, 2.75) is 45.6 Å². The number of aromatic nitrogens is 2. The van der Waals surface area contributed by atoms with E-state index in [9.17, 15) is 14.4 Å². The van der Waals surface area contributed by atoms with Gasteiger partial charge in [0.05, 0.1) is 35.7 Å². The van der Waals surface area contributed by atoms with Crippen LogP contribution in [0.15, 0.2) is 48.5 Å². The van der Waals surface area contributed by atoms with Crippen molar-refractivity contribution >= 4 is 23.4 Å². The predicted molar refractivity (Wildman–Crippen MR) is 137 cm³/mol. The number of benzene rings is 1. The molecule has 0 aliphatic heterocycles. The summed E-state index contributed by atoms with van der Waals surface area (Å²) in [7, 11) is 1.42. The number of nitrogens with zero attached hydrogens (tertiary/aromatic N) is 3. The van der Waals surface area contributed by atoms with Crippen molar-refractivity contribution in [2.24, 2.45) is 11.5 Å². The van der Waals surface area contributed by atoms with Gasteiger partial charge in [0.2, 0.25) is 11.8 Å². The normalized spacial score (nSPS) is 12.2. The van der Waals surface area contributed by atoms with Crippen LogP contribution in [0.1, 0.15) is 42.7 Å². The fraction of sp³-hybridized carbons (Fsp3) is 0.385. The van der Waals surface area contributed by atoms with Crippen LogP contribution in [0.4, 0.5) is 4.79 Å². The van der Waals surface area contributed by atoms with Gasteiger partial charge in [0.25, 0.3) is 0 Å². The van der Waals surface area contributed by atoms with Crippen LogP contribution < -0.4 is 16.8 Å². The fourth-order valence-electron chi connectivity index (χ4n) is 3.67. The van der Waals surface area contributed by atoms with Crippen molar-refractivity contribution in [3.63, 3.8) is 0 Å². The Kier molecular flexibility index (Phi) is 8.85. The van der Waals surface area contributed by atoms with Gasteiger partial charge in [-0.15, -0.1) is 0 Å². The maximum Gasteiger partial charge on any atom is 0.410 e. The lowest BCUT2D eigenvalue weighted by atomic mass is 10.1. The average Bonchev–Trinajstić information content (AvgIpc) is 3.18. The number of nitrogens with one attached hydrogen (secondary N) is 1. The minimum atomic E-state index is -1.12. The Bertz CT molecular complexity index is 1250. The quantitative estimate of drug-likeness (QED) is 0.355. The SMILES string of the molecule is Cc1nc(C(COCc2ccccc2)NC(=O)C(C)(C)N)n2c(COC(=O)N(C)CC(N)=O)cccc12. The topological polar surface area (TPSA) is 154 Å². The molecule has 0 saturated heterocycles. The lowest BCUT2D eigenvalue weighted by Gasteiger charge is -2.24. The number of likely N-dealkylation sites (N-methyl/N-ethyl adjacent to an activating group) is 1. The number of ether oxygens (including phenoxy) is 2. The predicted octanol–water partition coefficient (Wildman–Crippen LogP) is 1.81. The molecule has 3 rings (SSSR count). The number of hydrogen-bond donors (Lipinski definition) is 3. The Morgan fingerprint density at radius 3 is 2.46 bits per heavy atom. The molecule has 11 nitrogen and oxygen atoms in total. The molecule has 0 radical (unpaired) electrons. The molecule has 37 heavy (non-hydrogen) atoms. The summed E-state index contributed by atoms with van der Waals surface area (Å²) < 4.78 is 13.2. The number of amides is 3. The molecule has 0 saturated carbocycles. The molecule has 0 spiro atoms. The third-order valence-corrected chi connectivity index (χ3v) is 5.60. The Hall–Kier alpha value is -3.96. The first-order chi connectivity index (χ1) is 17.5. The number of aryl methyl sites for hydroxylation is 1. The highest BCUT2D eigenvalue weighted by Crippen LogP contribution is 2.23. The molecule has 11 heteroatoms. The summed E-state index contributed by atoms with van der Waals surface area (Å²) in [5, 5.41) is 2.96. The summed E-state index contributed by atoms with van der Waals surface area (Å²) in [6, 6.07) is 14.5. The van der Waals surface area contributed by atoms with E-state index < -0.39 is 23.6 Å². The Labute approximate surface area is 215 Å². The maximum atomic E-state index is 12.8. The number of imidazole rings is 1. The van der Waals surface area contributed by atoms with Crippen LogP contribution in [0.2, 0.25) is 0 Å². The third-order valence-electron chi connectivity index (χ3n) is 5.60. The molecule has 5 N–H and O–H groups in total. The van der Waals surface area contributed by atoms with Crippen LogP contribution >= 0.6 is 0 Å². The van der Waals surface area contributed by atoms with Gasteiger partial charge in [0.1, 0.15) is 25.0 Å². The van der Waals surface area contributed by atoms with Crippen LogP contribution in [0.25, 0.3) is 5.52 Å². The average molecular weight is 511 g/mol. The monoisotopic (exact) mass is 510 g/mol. The molecule has 1 aromatic carbocycles. The number of carbonyl (C=O) groups excluding carboxylic acids is 3. The van der Waals surface area contributed by atoms with Crippen molar-refractivity contribution in [3.05, 3.63) is 71.3 Å². The van der Waals surface area contributed by atoms with Crippen molar-refractivity contribution in [1.82, 2.24) is 19.6 Å². The first-order valence-electron chi connectivity index (χ1n) is 11.8. The molecule has 1 unspecified atom stereocenters. The lowest BCUT2D eigenvalue weighted by molar-refractivity contribution is -0.126. The Morgan fingerprint density at radius 2 is 1.81 bits per heavy atom. The minimum absolute atomic E-state index is 0.101. The van der Waals surface area contributed by atoms with Crippen molar-refractivity contribution in [3.8, 4) is 0 Å². The van der Waals surface area contributed by atoms with Crippen LogP contribution in [0, 0.1) is 6.92 Å². The lowest BCUT2D eigenvalue weighted by Crippen LogP contribution is -2.51. The highest BCUT2D eigenvalue weighted by molar-refractivity contribution is 5.85. The number of primary amides is 1. The molecular weight excluding hydrogens is 476 g/mol. The second-order valence-electron chi connectivity index (χ2n) is 9.42. The van der Waals surface area contributed by atoms with Gasteiger partial charge >= 0.3 is 6.09 Å². The third kappa shape index (κ3) is 7.28. The molecular formula is C26H34N6O5. The van der Waals surface area contributed by atoms with E-state index in [0.29, 0.717) is 18.1 Å². The van der Waals surface area contributed by atoms with Crippen LogP contribution in [-0.4, -0.2) is 57.9 Å². The van der Waals surface area contributed by atoms with Gasteiger partial charge in [0.15, 0.2) is 0 Å². The summed E-state index contributed by atoms with van der Waals surface area (Å²) in [5.74, 6) is -0.506. The maximum absolute atomic E-state index is 12.8. The number of fused-ring (bicyclic) bond motifs is 1. The van der Waals surface area contributed by atoms with Crippen molar-refractivity contribution in [2.75, 3.05) is 20.2 Å². The number of nitrogens with two attached hydrogens (primary N) is 2. The van der Waals surface area contributed by atoms with Gasteiger partial charge in [-0.25, -0.2) is 9.78 Å². The zero-order valence-electron chi connectivity index (χ0n) is 21.6. The number of rotatable bonds is 11. The summed E-state index contributed by atoms with van der Waals surface area (Å²) in [6.45, 7) is 5.20. The van der Waals surface area contributed by atoms with E-state index in [1.54, 1.807) is 19.9 Å². The van der Waals surface area contributed by atoms with Gasteiger partial charge < -0.3 is 31.2 Å². The van der Waals surface area contributed by atoms with E-state index in [1.807, 2.05) is 53.8 Å². The molecule has 0 fully saturated rings. The zero-order valence-corrected chi connectivity index (χ0v) is 21.6. The molecule has 198 valence electrons. The zero-order chi connectivity index (χ0) is 27.2. The van der Waals surface area contributed by atoms with E-state index in [0.717, 1.165) is 21.7 Å². The van der Waals surface area contributed by atoms with Crippen LogP contribution in [-0.2, 0) is 32.3 Å². The molecule has 2 heterocycles. The molecule has 0 aliphatic rings. The number of pyridine rings is 1. The highest BCUT2D eigenvalue weighted by atomic mass is 16.6. The molecule has 3 amide bonds. The standard InChI is InChI=1S/C26H34N6O5/c1-17-21-12-8-11-19(15-37-25(35)31(4)13-22(27)33)32(21)23(29-17)20(30-24(34)26(2,3)28)16-36-14-18-9-6-5-7-10-18/h5-12,20H,13-16,28H2,1-4H3,(H2,27,33)(H,30,34). The summed E-state index contributed by atoms with van der Waals surface area (Å²) in [5.41, 5.74) is 13.2. The molecule has 0 aliphatic carbocycles. The van der Waals surface area contributed by atoms with Gasteiger partial charge in [-0.3, -0.25) is 14.0 Å². The molecule has 0 bridgehead atoms. The Morgan fingerprint density at radius 1 is 1.11 bits per heavy atom. The summed E-state index contributed by atoms with van der Waals surface area (Å²) >= 11 is 0. The number of hydrogen-bond acceptors (Lipinski definition) is 7. The van der Waals surface area contributed by atoms with E-state index in [-0.39, 0.29) is 25.7 Å². The highest BCUT2D eigenvalue weighted by Gasteiger charge is 2.29. The van der Waals surface area contributed by atoms with Crippen LogP contribution in [0.3, 0.4) is 0 Å². The van der Waals surface area contributed by atoms with Crippen molar-refractivity contribution < 1.29 is 23.9 Å². The number of carbonyl (C=O) groups is 3. The summed E-state index contributed by atoms with van der Waals surface area (Å²) in [4.78, 5) is 42.1. The molecule has 3 aromatic rings. The van der Waals surface area contributed by atoms with Gasteiger partial charge in [-0.1, -0.05) is 36.4 Å². The van der Waals surface area contributed by atoms with E-state index in [1.165, 1.54) is 7.05 Å². The largest absolute Gasteiger partial charge is 0.443 e. The van der Waals surface area contributed by atoms with Crippen molar-refractivity contribution in [1.29, 1.82) is 0 Å². The van der Waals surface area contributed by atoms with Crippen LogP contribution in [0.5, 0.6) is 0 Å². The second-order valence-corrected chi connectivity index (χ2v) is 9.42. The molecule has 1 atom stereocenters. The van der Waals surface area contributed by atoms with Gasteiger partial charge in [-0.2, -0.15) is 0 Å². The molecule has 2 aromatic heterocycles. The minimum Gasteiger partial charge on any atom is -0.443 e. The Balaban J connectivity index is 1.90. The van der Waals surface area contributed by atoms with E-state index in [4.69, 9.17) is 25.9 Å². The van der Waals surface area contributed by atoms with E-state index in [2.05, 4.69) is 5.32 Å². The second kappa shape index (κ2) is 11.8. The van der Waals surface area contributed by atoms with Gasteiger partial charge in [-0.05, 0) is 38.5 Å². The first kappa shape index (κ1) is 27.6. The fourth-order valence-corrected chi connectivity index (χ4v) is 3.67. The smallest absolute Gasteiger partial charge is 0.410 e. The first-order valence-corrected chi connectivity index (χ1v) is 11.8. The summed E-state index contributed by atoms with van der Waals surface area (Å²) in [6.07, 6.45) is -0.699. The van der Waals surface area contributed by atoms with Gasteiger partial charge in [0, 0.05) is 7.05 Å².